The Morgan fingerprint density at radius 3 is 2.60 bits per heavy atom. The van der Waals surface area contributed by atoms with Crippen molar-refractivity contribution < 1.29 is 19.1 Å². The summed E-state index contributed by atoms with van der Waals surface area (Å²) < 4.78 is 5.38. The van der Waals surface area contributed by atoms with Crippen LogP contribution >= 0.6 is 11.6 Å². The number of benzene rings is 2. The van der Waals surface area contributed by atoms with E-state index in [1.807, 2.05) is 6.92 Å². The first-order chi connectivity index (χ1) is 14.4. The van der Waals surface area contributed by atoms with Crippen molar-refractivity contribution in [2.75, 3.05) is 23.4 Å². The van der Waals surface area contributed by atoms with Gasteiger partial charge in [-0.1, -0.05) is 23.7 Å². The van der Waals surface area contributed by atoms with Gasteiger partial charge in [0.1, 0.15) is 11.8 Å². The summed E-state index contributed by atoms with van der Waals surface area (Å²) in [4.78, 5) is 40.8. The van der Waals surface area contributed by atoms with E-state index >= 15 is 0 Å². The topological polar surface area (TPSA) is 79.0 Å². The minimum atomic E-state index is -0.933. The third kappa shape index (κ3) is 4.63. The van der Waals surface area contributed by atoms with Gasteiger partial charge in [0.25, 0.3) is 5.91 Å². The molecule has 7 nitrogen and oxygen atoms in total. The van der Waals surface area contributed by atoms with Crippen molar-refractivity contribution in [2.24, 2.45) is 0 Å². The molecule has 8 heteroatoms. The molecule has 1 unspecified atom stereocenters. The van der Waals surface area contributed by atoms with E-state index < -0.39 is 18.0 Å². The van der Waals surface area contributed by atoms with Gasteiger partial charge in [-0.2, -0.15) is 0 Å². The van der Waals surface area contributed by atoms with E-state index in [2.05, 4.69) is 11.9 Å². The number of hydrogen-bond donors (Lipinski definition) is 1. The fraction of sp³-hybridized carbons (Fsp3) is 0.227. The summed E-state index contributed by atoms with van der Waals surface area (Å²) in [6, 6.07) is 11.9. The Morgan fingerprint density at radius 2 is 1.97 bits per heavy atom. The van der Waals surface area contributed by atoms with Crippen molar-refractivity contribution in [3.63, 3.8) is 0 Å². The minimum absolute atomic E-state index is 0.142. The SMILES string of the molecule is C=CCN1C(=O)N(c2cccc(Cl)c2)C(=O)C1CC(=O)Nc1ccc(OCC)cc1. The first-order valence-electron chi connectivity index (χ1n) is 9.48. The van der Waals surface area contributed by atoms with E-state index in [9.17, 15) is 14.4 Å². The number of imide groups is 1. The first-order valence-corrected chi connectivity index (χ1v) is 9.86. The Labute approximate surface area is 179 Å². The summed E-state index contributed by atoms with van der Waals surface area (Å²) in [5.74, 6) is -0.167. The van der Waals surface area contributed by atoms with Gasteiger partial charge in [0.05, 0.1) is 18.7 Å². The van der Waals surface area contributed by atoms with Crippen LogP contribution in [0.3, 0.4) is 0 Å². The molecule has 1 heterocycles. The van der Waals surface area contributed by atoms with Crippen LogP contribution in [-0.2, 0) is 9.59 Å². The molecule has 2 aromatic rings. The molecule has 156 valence electrons. The maximum atomic E-state index is 13.0. The highest BCUT2D eigenvalue weighted by molar-refractivity contribution is 6.31. The summed E-state index contributed by atoms with van der Waals surface area (Å²) in [6.45, 7) is 6.22. The predicted octanol–water partition coefficient (Wildman–Crippen LogP) is 4.09. The number of hydrogen-bond acceptors (Lipinski definition) is 4. The van der Waals surface area contributed by atoms with Crippen LogP contribution in [0.2, 0.25) is 5.02 Å². The van der Waals surface area contributed by atoms with Crippen LogP contribution in [0.4, 0.5) is 16.2 Å². The quantitative estimate of drug-likeness (QED) is 0.508. The van der Waals surface area contributed by atoms with Crippen LogP contribution in [0.1, 0.15) is 13.3 Å². The highest BCUT2D eigenvalue weighted by Crippen LogP contribution is 2.29. The third-order valence-electron chi connectivity index (χ3n) is 4.54. The summed E-state index contributed by atoms with van der Waals surface area (Å²) >= 11 is 6.01. The molecule has 1 atom stereocenters. The highest BCUT2D eigenvalue weighted by Gasteiger charge is 2.46. The van der Waals surface area contributed by atoms with Crippen LogP contribution in [-0.4, -0.2) is 41.9 Å². The molecule has 3 rings (SSSR count). The van der Waals surface area contributed by atoms with Gasteiger partial charge in [-0.05, 0) is 49.4 Å². The number of amides is 4. The second kappa shape index (κ2) is 9.45. The number of rotatable bonds is 8. The van der Waals surface area contributed by atoms with Gasteiger partial charge >= 0.3 is 6.03 Å². The molecule has 0 spiro atoms. The van der Waals surface area contributed by atoms with Crippen molar-refractivity contribution in [1.29, 1.82) is 0 Å². The summed E-state index contributed by atoms with van der Waals surface area (Å²) in [5.41, 5.74) is 0.933. The van der Waals surface area contributed by atoms with Crippen LogP contribution in [0.5, 0.6) is 5.75 Å². The lowest BCUT2D eigenvalue weighted by Gasteiger charge is -2.19. The lowest BCUT2D eigenvalue weighted by atomic mass is 10.1. The van der Waals surface area contributed by atoms with Gasteiger partial charge in [-0.3, -0.25) is 9.59 Å². The van der Waals surface area contributed by atoms with Gasteiger partial charge in [0.15, 0.2) is 0 Å². The fourth-order valence-electron chi connectivity index (χ4n) is 3.22. The molecule has 0 bridgehead atoms. The average Bonchev–Trinajstić information content (AvgIpc) is 2.94. The van der Waals surface area contributed by atoms with Crippen molar-refractivity contribution in [3.05, 3.63) is 66.2 Å². The van der Waals surface area contributed by atoms with E-state index in [1.54, 1.807) is 42.5 Å². The number of carbonyl (C=O) groups is 3. The second-order valence-corrected chi connectivity index (χ2v) is 7.04. The molecule has 4 amide bonds. The normalized spacial score (nSPS) is 16.0. The Morgan fingerprint density at radius 1 is 1.23 bits per heavy atom. The molecule has 1 saturated heterocycles. The van der Waals surface area contributed by atoms with Crippen LogP contribution in [0.25, 0.3) is 0 Å². The van der Waals surface area contributed by atoms with Crippen LogP contribution in [0.15, 0.2) is 61.2 Å². The molecule has 30 heavy (non-hydrogen) atoms. The molecule has 0 radical (unpaired) electrons. The van der Waals surface area contributed by atoms with Crippen molar-refractivity contribution in [2.45, 2.75) is 19.4 Å². The molecular formula is C22H22ClN3O4. The van der Waals surface area contributed by atoms with E-state index in [0.29, 0.717) is 28.8 Å². The lowest BCUT2D eigenvalue weighted by Crippen LogP contribution is -2.38. The van der Waals surface area contributed by atoms with Gasteiger partial charge in [-0.25, -0.2) is 9.69 Å². The van der Waals surface area contributed by atoms with Crippen LogP contribution in [0, 0.1) is 0 Å². The van der Waals surface area contributed by atoms with Gasteiger partial charge < -0.3 is 15.0 Å². The number of anilines is 2. The Hall–Kier alpha value is -3.32. The molecule has 1 N–H and O–H groups in total. The first kappa shape index (κ1) is 21.4. The third-order valence-corrected chi connectivity index (χ3v) is 4.77. The molecule has 1 fully saturated rings. The Balaban J connectivity index is 1.75. The van der Waals surface area contributed by atoms with Gasteiger partial charge in [-0.15, -0.1) is 6.58 Å². The van der Waals surface area contributed by atoms with E-state index in [-0.39, 0.29) is 18.9 Å². The zero-order valence-corrected chi connectivity index (χ0v) is 17.3. The summed E-state index contributed by atoms with van der Waals surface area (Å²) in [7, 11) is 0. The largest absolute Gasteiger partial charge is 0.494 e. The number of urea groups is 1. The zero-order chi connectivity index (χ0) is 21.7. The Kier molecular flexibility index (Phi) is 6.74. The number of nitrogens with one attached hydrogen (secondary N) is 1. The standard InChI is InChI=1S/C22H22ClN3O4/c1-3-12-25-19(14-20(27)24-16-8-10-18(11-9-16)30-4-2)21(28)26(22(25)29)17-7-5-6-15(23)13-17/h3,5-11,13,19H,1,4,12,14H2,2H3,(H,24,27). The van der Waals surface area contributed by atoms with Gasteiger partial charge in [0.2, 0.25) is 5.91 Å². The molecule has 0 saturated carbocycles. The molecule has 0 aromatic heterocycles. The predicted molar refractivity (Wildman–Crippen MR) is 116 cm³/mol. The van der Waals surface area contributed by atoms with Crippen molar-refractivity contribution in [3.8, 4) is 5.75 Å². The van der Waals surface area contributed by atoms with E-state index in [4.69, 9.17) is 16.3 Å². The number of carbonyl (C=O) groups excluding carboxylic acids is 3. The number of ether oxygens (including phenoxy) is 1. The zero-order valence-electron chi connectivity index (χ0n) is 16.5. The minimum Gasteiger partial charge on any atom is -0.494 e. The van der Waals surface area contributed by atoms with Crippen molar-refractivity contribution >= 4 is 40.8 Å². The smallest absolute Gasteiger partial charge is 0.332 e. The van der Waals surface area contributed by atoms with E-state index in [0.717, 1.165) is 4.90 Å². The maximum absolute atomic E-state index is 13.0. The highest BCUT2D eigenvalue weighted by atomic mass is 35.5. The second-order valence-electron chi connectivity index (χ2n) is 6.60. The summed E-state index contributed by atoms with van der Waals surface area (Å²) in [6.07, 6.45) is 1.34. The molecule has 1 aliphatic rings. The molecule has 2 aromatic carbocycles. The number of nitrogens with zero attached hydrogens (tertiary/aromatic N) is 2. The van der Waals surface area contributed by atoms with Gasteiger partial charge in [0, 0.05) is 17.3 Å². The lowest BCUT2D eigenvalue weighted by molar-refractivity contribution is -0.124. The number of halogens is 1. The van der Waals surface area contributed by atoms with Crippen LogP contribution < -0.4 is 15.0 Å². The Bertz CT molecular complexity index is 961. The molecule has 0 aliphatic carbocycles. The molecular weight excluding hydrogens is 406 g/mol. The average molecular weight is 428 g/mol. The van der Waals surface area contributed by atoms with Crippen molar-refractivity contribution in [1.82, 2.24) is 4.90 Å². The fourth-order valence-corrected chi connectivity index (χ4v) is 3.41. The molecule has 1 aliphatic heterocycles. The monoisotopic (exact) mass is 427 g/mol. The van der Waals surface area contributed by atoms with E-state index in [1.165, 1.54) is 17.0 Å². The maximum Gasteiger partial charge on any atom is 0.332 e. The summed E-state index contributed by atoms with van der Waals surface area (Å²) in [5, 5.41) is 3.15.